The van der Waals surface area contributed by atoms with Crippen molar-refractivity contribution in [3.05, 3.63) is 66.1 Å². The summed E-state index contributed by atoms with van der Waals surface area (Å²) in [6.07, 6.45) is 3.23. The molecule has 146 valence electrons. The standard InChI is InChI=1S/C21H25N5O2/c1-3-15(2)19(23-20(27)16-9-5-4-6-10-16)21(28)22-13-12-18-25-24-17-11-7-8-14-26(17)18/h4-11,14-15,19H,3,12-13H2,1-2H3,(H,22,28)(H,23,27). The molecule has 7 heteroatoms. The quantitative estimate of drug-likeness (QED) is 0.628. The summed E-state index contributed by atoms with van der Waals surface area (Å²) < 4.78 is 1.90. The lowest BCUT2D eigenvalue weighted by Gasteiger charge is -2.23. The summed E-state index contributed by atoms with van der Waals surface area (Å²) in [6.45, 7) is 4.38. The summed E-state index contributed by atoms with van der Waals surface area (Å²) in [6, 6.07) is 14.0. The average molecular weight is 379 g/mol. The van der Waals surface area contributed by atoms with Gasteiger partial charge in [-0.15, -0.1) is 10.2 Å². The first-order valence-corrected chi connectivity index (χ1v) is 9.52. The van der Waals surface area contributed by atoms with Crippen LogP contribution in [0.5, 0.6) is 0 Å². The van der Waals surface area contributed by atoms with Crippen LogP contribution in [-0.2, 0) is 11.2 Å². The number of nitrogens with one attached hydrogen (secondary N) is 2. The van der Waals surface area contributed by atoms with E-state index in [0.717, 1.165) is 17.9 Å². The van der Waals surface area contributed by atoms with Crippen LogP contribution in [0, 0.1) is 5.92 Å². The van der Waals surface area contributed by atoms with E-state index in [1.807, 2.05) is 48.7 Å². The van der Waals surface area contributed by atoms with Gasteiger partial charge in [0.15, 0.2) is 5.65 Å². The summed E-state index contributed by atoms with van der Waals surface area (Å²) in [5.74, 6) is 0.364. The van der Waals surface area contributed by atoms with Gasteiger partial charge in [0.2, 0.25) is 5.91 Å². The predicted octanol–water partition coefficient (Wildman–Crippen LogP) is 2.23. The van der Waals surface area contributed by atoms with Crippen molar-refractivity contribution in [2.24, 2.45) is 5.92 Å². The number of carbonyl (C=O) groups is 2. The number of carbonyl (C=O) groups excluding carboxylic acids is 2. The first-order valence-electron chi connectivity index (χ1n) is 9.52. The zero-order valence-electron chi connectivity index (χ0n) is 16.1. The van der Waals surface area contributed by atoms with Crippen LogP contribution < -0.4 is 10.6 Å². The molecule has 0 saturated heterocycles. The van der Waals surface area contributed by atoms with Crippen LogP contribution in [0.3, 0.4) is 0 Å². The van der Waals surface area contributed by atoms with Crippen molar-refractivity contribution in [3.8, 4) is 0 Å². The van der Waals surface area contributed by atoms with Gasteiger partial charge in [-0.25, -0.2) is 0 Å². The van der Waals surface area contributed by atoms with E-state index in [2.05, 4.69) is 20.8 Å². The van der Waals surface area contributed by atoms with Crippen molar-refractivity contribution < 1.29 is 9.59 Å². The highest BCUT2D eigenvalue weighted by molar-refractivity contribution is 5.97. The molecule has 0 radical (unpaired) electrons. The van der Waals surface area contributed by atoms with E-state index in [0.29, 0.717) is 18.5 Å². The van der Waals surface area contributed by atoms with Crippen molar-refractivity contribution in [1.82, 2.24) is 25.2 Å². The predicted molar refractivity (Wildman–Crippen MR) is 107 cm³/mol. The molecule has 2 heterocycles. The van der Waals surface area contributed by atoms with Gasteiger partial charge in [-0.3, -0.25) is 14.0 Å². The smallest absolute Gasteiger partial charge is 0.251 e. The minimum absolute atomic E-state index is 0.0154. The third kappa shape index (κ3) is 4.54. The van der Waals surface area contributed by atoms with Crippen molar-refractivity contribution in [3.63, 3.8) is 0 Å². The number of pyridine rings is 1. The average Bonchev–Trinajstić information content (AvgIpc) is 3.15. The molecular weight excluding hydrogens is 354 g/mol. The van der Waals surface area contributed by atoms with E-state index < -0.39 is 6.04 Å². The van der Waals surface area contributed by atoms with E-state index in [-0.39, 0.29) is 17.7 Å². The lowest BCUT2D eigenvalue weighted by molar-refractivity contribution is -0.124. The van der Waals surface area contributed by atoms with Crippen LogP contribution in [-0.4, -0.2) is 39.0 Å². The number of amides is 2. The summed E-state index contributed by atoms with van der Waals surface area (Å²) in [4.78, 5) is 25.2. The minimum atomic E-state index is -0.590. The van der Waals surface area contributed by atoms with Gasteiger partial charge in [-0.2, -0.15) is 0 Å². The Kier molecular flexibility index (Phi) is 6.37. The van der Waals surface area contributed by atoms with Crippen LogP contribution in [0.4, 0.5) is 0 Å². The molecule has 2 amide bonds. The Morgan fingerprint density at radius 2 is 1.82 bits per heavy atom. The number of fused-ring (bicyclic) bond motifs is 1. The molecule has 0 saturated carbocycles. The molecule has 2 N–H and O–H groups in total. The molecule has 2 atom stereocenters. The van der Waals surface area contributed by atoms with Gasteiger partial charge in [0.1, 0.15) is 11.9 Å². The Labute approximate surface area is 164 Å². The van der Waals surface area contributed by atoms with Crippen molar-refractivity contribution in [2.75, 3.05) is 6.54 Å². The first-order chi connectivity index (χ1) is 13.6. The molecule has 0 spiro atoms. The Hall–Kier alpha value is -3.22. The lowest BCUT2D eigenvalue weighted by Crippen LogP contribution is -2.50. The van der Waals surface area contributed by atoms with Crippen molar-refractivity contribution in [2.45, 2.75) is 32.7 Å². The molecule has 0 aliphatic heterocycles. The summed E-state index contributed by atoms with van der Waals surface area (Å²) in [5, 5.41) is 14.1. The summed E-state index contributed by atoms with van der Waals surface area (Å²) in [7, 11) is 0. The van der Waals surface area contributed by atoms with E-state index in [4.69, 9.17) is 0 Å². The fourth-order valence-electron chi connectivity index (χ4n) is 2.98. The van der Waals surface area contributed by atoms with Crippen molar-refractivity contribution in [1.29, 1.82) is 0 Å². The lowest BCUT2D eigenvalue weighted by atomic mass is 9.97. The molecule has 2 unspecified atom stereocenters. The molecule has 2 aromatic heterocycles. The molecule has 1 aromatic carbocycles. The number of rotatable bonds is 8. The highest BCUT2D eigenvalue weighted by Gasteiger charge is 2.26. The van der Waals surface area contributed by atoms with Gasteiger partial charge in [0, 0.05) is 24.7 Å². The second-order valence-corrected chi connectivity index (χ2v) is 6.79. The van der Waals surface area contributed by atoms with E-state index in [1.165, 1.54) is 0 Å². The van der Waals surface area contributed by atoms with Crippen LogP contribution in [0.25, 0.3) is 5.65 Å². The third-order valence-corrected chi connectivity index (χ3v) is 4.85. The molecule has 0 fully saturated rings. The van der Waals surface area contributed by atoms with E-state index >= 15 is 0 Å². The zero-order chi connectivity index (χ0) is 19.9. The summed E-state index contributed by atoms with van der Waals surface area (Å²) in [5.41, 5.74) is 1.31. The van der Waals surface area contributed by atoms with Crippen LogP contribution in [0.1, 0.15) is 36.5 Å². The number of hydrogen-bond donors (Lipinski definition) is 2. The van der Waals surface area contributed by atoms with Crippen LogP contribution in [0.15, 0.2) is 54.7 Å². The molecule has 0 aliphatic rings. The number of hydrogen-bond acceptors (Lipinski definition) is 4. The largest absolute Gasteiger partial charge is 0.354 e. The second kappa shape index (κ2) is 9.12. The topological polar surface area (TPSA) is 88.4 Å². The SMILES string of the molecule is CCC(C)C(NC(=O)c1ccccc1)C(=O)NCCc1nnc2ccccn12. The van der Waals surface area contributed by atoms with Gasteiger partial charge in [0.05, 0.1) is 0 Å². The Balaban J connectivity index is 1.60. The van der Waals surface area contributed by atoms with E-state index in [9.17, 15) is 9.59 Å². The fourth-order valence-corrected chi connectivity index (χ4v) is 2.98. The molecule has 7 nitrogen and oxygen atoms in total. The zero-order valence-corrected chi connectivity index (χ0v) is 16.1. The van der Waals surface area contributed by atoms with Gasteiger partial charge >= 0.3 is 0 Å². The van der Waals surface area contributed by atoms with Crippen LogP contribution in [0.2, 0.25) is 0 Å². The number of nitrogens with zero attached hydrogens (tertiary/aromatic N) is 3. The highest BCUT2D eigenvalue weighted by atomic mass is 16.2. The van der Waals surface area contributed by atoms with Gasteiger partial charge < -0.3 is 10.6 Å². The molecule has 3 rings (SSSR count). The maximum Gasteiger partial charge on any atom is 0.251 e. The van der Waals surface area contributed by atoms with Crippen molar-refractivity contribution >= 4 is 17.5 Å². The fraction of sp³-hybridized carbons (Fsp3) is 0.333. The third-order valence-electron chi connectivity index (χ3n) is 4.85. The van der Waals surface area contributed by atoms with E-state index in [1.54, 1.807) is 24.3 Å². The summed E-state index contributed by atoms with van der Waals surface area (Å²) >= 11 is 0. The van der Waals surface area contributed by atoms with Gasteiger partial charge in [0.25, 0.3) is 5.91 Å². The Bertz CT molecular complexity index is 938. The Morgan fingerprint density at radius 1 is 1.07 bits per heavy atom. The van der Waals surface area contributed by atoms with Crippen LogP contribution >= 0.6 is 0 Å². The highest BCUT2D eigenvalue weighted by Crippen LogP contribution is 2.10. The number of benzene rings is 1. The maximum atomic E-state index is 12.7. The second-order valence-electron chi connectivity index (χ2n) is 6.79. The normalized spacial score (nSPS) is 13.1. The first kappa shape index (κ1) is 19.5. The molecule has 28 heavy (non-hydrogen) atoms. The molecule has 3 aromatic rings. The van der Waals surface area contributed by atoms with Gasteiger partial charge in [-0.1, -0.05) is 44.5 Å². The number of aromatic nitrogens is 3. The van der Waals surface area contributed by atoms with Gasteiger partial charge in [-0.05, 0) is 30.2 Å². The molecular formula is C21H25N5O2. The monoisotopic (exact) mass is 379 g/mol. The maximum absolute atomic E-state index is 12.7. The molecule has 0 bridgehead atoms. The Morgan fingerprint density at radius 3 is 2.57 bits per heavy atom. The minimum Gasteiger partial charge on any atom is -0.354 e. The molecule has 0 aliphatic carbocycles.